The van der Waals surface area contributed by atoms with Crippen LogP contribution in [0.5, 0.6) is 0 Å². The molecule has 1 aromatic heterocycles. The minimum absolute atomic E-state index is 0. The number of aromatic amines is 1. The summed E-state index contributed by atoms with van der Waals surface area (Å²) < 4.78 is 19.5. The minimum Gasteiger partial charge on any atom is -0.484 e. The zero-order chi connectivity index (χ0) is 6.24. The van der Waals surface area contributed by atoms with E-state index in [1.807, 2.05) is 18.3 Å². The van der Waals surface area contributed by atoms with Crippen molar-refractivity contribution in [1.82, 2.24) is 4.98 Å². The van der Waals surface area contributed by atoms with Crippen molar-refractivity contribution in [3.8, 4) is 0 Å². The van der Waals surface area contributed by atoms with Crippen LogP contribution in [0.3, 0.4) is 0 Å². The maximum atomic E-state index is 9.76. The van der Waals surface area contributed by atoms with Gasteiger partial charge in [0, 0.05) is 0 Å². The molecule has 0 fully saturated rings. The van der Waals surface area contributed by atoms with E-state index in [1.165, 1.54) is 0 Å². The molecule has 9 heavy (non-hydrogen) atoms. The second-order valence-electron chi connectivity index (χ2n) is 0.865. The van der Waals surface area contributed by atoms with E-state index in [0.29, 0.717) is 0 Å². The summed E-state index contributed by atoms with van der Waals surface area (Å²) in [6.45, 7) is 0. The molecule has 0 radical (unpaired) electrons. The van der Waals surface area contributed by atoms with E-state index < -0.39 is 18.4 Å². The number of hydrogen-bond acceptors (Lipinski definition) is 0. The third kappa shape index (κ3) is 11.4. The molecule has 1 rings (SSSR count). The van der Waals surface area contributed by atoms with Crippen LogP contribution in [0.25, 0.3) is 0 Å². The molecule has 0 saturated carbocycles. The monoisotopic (exact) mass is 311 g/mol. The maximum Gasteiger partial charge on any atom is -0.108 e. The summed E-state index contributed by atoms with van der Waals surface area (Å²) in [5.74, 6) is 0. The fourth-order valence-corrected chi connectivity index (χ4v) is 0.241. The Hall–Kier alpha value is -0.224. The molecule has 0 aliphatic carbocycles. The molecule has 0 aromatic carbocycles. The minimum atomic E-state index is -2.58. The normalized spacial score (nSPS) is 6.89. The van der Waals surface area contributed by atoms with E-state index in [9.17, 15) is 6.57 Å². The Morgan fingerprint density at radius 3 is 2.11 bits per heavy atom. The Kier molecular flexibility index (Phi) is 13.7. The summed E-state index contributed by atoms with van der Waals surface area (Å²) in [6, 6.07) is 3.71. The molecule has 0 spiro atoms. The van der Waals surface area contributed by atoms with Crippen molar-refractivity contribution in [1.29, 1.82) is 0 Å². The van der Waals surface area contributed by atoms with E-state index in [0.717, 1.165) is 0 Å². The van der Waals surface area contributed by atoms with Gasteiger partial charge < -0.3 is 12.4 Å². The fraction of sp³-hybridized carbons (Fsp3) is 0. The fourth-order valence-electron chi connectivity index (χ4n) is 0.241. The molecule has 1 aromatic rings. The van der Waals surface area contributed by atoms with E-state index >= 15 is 0 Å². The topological polar surface area (TPSA) is 15.8 Å². The quantitative estimate of drug-likeness (QED) is 0.707. The predicted molar refractivity (Wildman–Crippen MR) is 28.3 cm³/mol. The van der Waals surface area contributed by atoms with Crippen LogP contribution < -0.4 is 0 Å². The van der Waals surface area contributed by atoms with Crippen LogP contribution in [0.15, 0.2) is 18.3 Å². The van der Waals surface area contributed by atoms with Crippen LogP contribution in [0.2, 0.25) is 0 Å². The Labute approximate surface area is 62.4 Å². The third-order valence-electron chi connectivity index (χ3n) is 0.442. The first-order valence-corrected chi connectivity index (χ1v) is 3.68. The summed E-state index contributed by atoms with van der Waals surface area (Å²) in [4.78, 5) is 2.74. The van der Waals surface area contributed by atoms with Crippen LogP contribution in [-0.4, -0.2) is 4.98 Å². The molecule has 0 unspecified atom stereocenters. The standard InChI is InChI=1S/C4H4N.CH3.2FH.Os/c1-2-4-5-3-1;;;;/h1-3,5H;1H3;2*1H;/q2*-1;;;+2/p-2. The van der Waals surface area contributed by atoms with Gasteiger partial charge in [-0.15, -0.1) is 6.20 Å². The second kappa shape index (κ2) is 10.7. The van der Waals surface area contributed by atoms with Crippen LogP contribution in [-0.2, 0) is 18.4 Å². The zero-order valence-corrected chi connectivity index (χ0v) is 7.38. The van der Waals surface area contributed by atoms with Gasteiger partial charge in [0.05, 0.1) is 0 Å². The second-order valence-corrected chi connectivity index (χ2v) is 1.23. The van der Waals surface area contributed by atoms with Gasteiger partial charge in [0.25, 0.3) is 0 Å². The summed E-state index contributed by atoms with van der Waals surface area (Å²) in [5.41, 5.74) is 0. The maximum absolute atomic E-state index is 9.76. The molecule has 0 amide bonds. The number of aromatic nitrogens is 1. The van der Waals surface area contributed by atoms with Crippen LogP contribution in [0, 0.1) is 13.6 Å². The van der Waals surface area contributed by atoms with Crippen LogP contribution >= 0.6 is 0 Å². The van der Waals surface area contributed by atoms with Gasteiger partial charge >= 0.3 is 25.0 Å². The van der Waals surface area contributed by atoms with Crippen molar-refractivity contribution in [2.75, 3.05) is 0 Å². The number of nitrogens with one attached hydrogen (secondary N) is 1. The molecule has 1 N–H and O–H groups in total. The van der Waals surface area contributed by atoms with Crippen LogP contribution in [0.1, 0.15) is 0 Å². The molecule has 1 nitrogen and oxygen atoms in total. The molecule has 0 aliphatic rings. The number of halogens is 2. The molecule has 0 atom stereocenters. The molecule has 0 aliphatic heterocycles. The van der Waals surface area contributed by atoms with Crippen molar-refractivity contribution in [3.63, 3.8) is 0 Å². The van der Waals surface area contributed by atoms with Gasteiger partial charge in [0.2, 0.25) is 0 Å². The van der Waals surface area contributed by atoms with Gasteiger partial charge in [-0.3, -0.25) is 0 Å². The van der Waals surface area contributed by atoms with Crippen molar-refractivity contribution in [2.24, 2.45) is 0 Å². The van der Waals surface area contributed by atoms with E-state index in [2.05, 4.69) is 11.2 Å². The Morgan fingerprint density at radius 2 is 2.00 bits per heavy atom. The van der Waals surface area contributed by atoms with E-state index in [-0.39, 0.29) is 7.43 Å². The van der Waals surface area contributed by atoms with Gasteiger partial charge in [0.15, 0.2) is 0 Å². The Balaban J connectivity index is 0. The average molecular weight is 309 g/mol. The van der Waals surface area contributed by atoms with Crippen molar-refractivity contribution in [3.05, 3.63) is 32.0 Å². The molecule has 0 bridgehead atoms. The van der Waals surface area contributed by atoms with Crippen molar-refractivity contribution in [2.45, 2.75) is 0 Å². The SMILES string of the molecule is [CH3-].[F][Os][F].[c-]1ccc[nH]1. The third-order valence-corrected chi connectivity index (χ3v) is 0.442. The van der Waals surface area contributed by atoms with Gasteiger partial charge in [-0.25, -0.2) is 0 Å². The number of rotatable bonds is 0. The largest absolute Gasteiger partial charge is 0.484 e. The van der Waals surface area contributed by atoms with Gasteiger partial charge in [-0.1, -0.05) is 0 Å². The number of H-pyrrole nitrogens is 1. The van der Waals surface area contributed by atoms with Gasteiger partial charge in [0.1, 0.15) is 0 Å². The summed E-state index contributed by atoms with van der Waals surface area (Å²) in [6.07, 6.45) is 4.56. The molecule has 1 heterocycles. The summed E-state index contributed by atoms with van der Waals surface area (Å²) in [7, 11) is 0. The Morgan fingerprint density at radius 1 is 1.44 bits per heavy atom. The van der Waals surface area contributed by atoms with Gasteiger partial charge in [-0.2, -0.15) is 18.3 Å². The van der Waals surface area contributed by atoms with E-state index in [1.54, 1.807) is 0 Å². The molecular weight excluding hydrogens is 302 g/mol. The molecule has 0 saturated heterocycles. The summed E-state index contributed by atoms with van der Waals surface area (Å²) >= 11 is -2.58. The summed E-state index contributed by atoms with van der Waals surface area (Å²) in [5, 5.41) is 0. The Bertz CT molecular complexity index is 81.9. The smallest absolute Gasteiger partial charge is 0.108 e. The van der Waals surface area contributed by atoms with Gasteiger partial charge in [-0.05, 0) is 0 Å². The first-order valence-electron chi connectivity index (χ1n) is 1.76. The van der Waals surface area contributed by atoms with Crippen molar-refractivity contribution < 1.29 is 25.0 Å². The molecule has 56 valence electrons. The molecular formula is C5H7F2NOs-2. The molecule has 4 heteroatoms. The predicted octanol–water partition coefficient (Wildman–Crippen LogP) is 2.10. The van der Waals surface area contributed by atoms with Crippen molar-refractivity contribution >= 4 is 0 Å². The first kappa shape index (κ1) is 11.6. The average Bonchev–Trinajstić information content (AvgIpc) is 2.17. The zero-order valence-electron chi connectivity index (χ0n) is 4.84. The first-order chi connectivity index (χ1) is 3.91. The number of hydrogen-bond donors (Lipinski definition) is 1. The van der Waals surface area contributed by atoms with Crippen LogP contribution in [0.4, 0.5) is 6.57 Å². The van der Waals surface area contributed by atoms with E-state index in [4.69, 9.17) is 0 Å².